The first-order chi connectivity index (χ1) is 11.0. The molecule has 2 fully saturated rings. The largest absolute Gasteiger partial charge is 0.390 e. The standard InChI is InChI=1S/C18H25ClN2O2/c19-14-6-4-13(5-7-14)18(9-2-1-3-10-18)17(23)21-11-8-15(20)16(22)12-21/h4-7,15-16,22H,1-3,8-12,20H2/t15-,16-/m1/s1. The quantitative estimate of drug-likeness (QED) is 0.871. The van der Waals surface area contributed by atoms with Gasteiger partial charge in [0, 0.05) is 24.2 Å². The van der Waals surface area contributed by atoms with Crippen LogP contribution < -0.4 is 5.73 Å². The summed E-state index contributed by atoms with van der Waals surface area (Å²) in [5, 5.41) is 10.7. The minimum Gasteiger partial charge on any atom is -0.390 e. The van der Waals surface area contributed by atoms with Crippen LogP contribution in [0.1, 0.15) is 44.1 Å². The van der Waals surface area contributed by atoms with Crippen LogP contribution >= 0.6 is 11.6 Å². The number of piperidine rings is 1. The number of benzene rings is 1. The second-order valence-corrected chi connectivity index (χ2v) is 7.36. The van der Waals surface area contributed by atoms with Gasteiger partial charge >= 0.3 is 0 Å². The van der Waals surface area contributed by atoms with E-state index in [1.807, 2.05) is 29.2 Å². The molecule has 23 heavy (non-hydrogen) atoms. The van der Waals surface area contributed by atoms with Crippen molar-refractivity contribution in [2.75, 3.05) is 13.1 Å². The van der Waals surface area contributed by atoms with Crippen LogP contribution in [0.4, 0.5) is 0 Å². The summed E-state index contributed by atoms with van der Waals surface area (Å²) in [5.74, 6) is 0.144. The lowest BCUT2D eigenvalue weighted by Gasteiger charge is -2.43. The minimum absolute atomic E-state index is 0.144. The number of carbonyl (C=O) groups excluding carboxylic acids is 1. The van der Waals surface area contributed by atoms with Gasteiger partial charge in [0.15, 0.2) is 0 Å². The number of nitrogens with zero attached hydrogens (tertiary/aromatic N) is 1. The molecule has 0 bridgehead atoms. The number of carbonyl (C=O) groups is 1. The van der Waals surface area contributed by atoms with Gasteiger partial charge in [-0.2, -0.15) is 0 Å². The van der Waals surface area contributed by atoms with Gasteiger partial charge < -0.3 is 15.7 Å². The van der Waals surface area contributed by atoms with Crippen molar-refractivity contribution in [3.63, 3.8) is 0 Å². The Morgan fingerprint density at radius 1 is 1.22 bits per heavy atom. The van der Waals surface area contributed by atoms with Gasteiger partial charge in [0.25, 0.3) is 0 Å². The van der Waals surface area contributed by atoms with E-state index >= 15 is 0 Å². The second kappa shape index (κ2) is 6.80. The Labute approximate surface area is 142 Å². The fourth-order valence-electron chi connectivity index (χ4n) is 3.99. The first-order valence-corrected chi connectivity index (χ1v) is 8.90. The molecule has 3 N–H and O–H groups in total. The number of hydrogen-bond acceptors (Lipinski definition) is 3. The number of aliphatic hydroxyl groups excluding tert-OH is 1. The van der Waals surface area contributed by atoms with Crippen LogP contribution in [0.2, 0.25) is 5.02 Å². The SMILES string of the molecule is N[C@@H]1CCN(C(=O)C2(c3ccc(Cl)cc3)CCCCC2)C[C@H]1O. The van der Waals surface area contributed by atoms with Crippen molar-refractivity contribution in [2.24, 2.45) is 5.73 Å². The Kier molecular flexibility index (Phi) is 4.95. The van der Waals surface area contributed by atoms with Gasteiger partial charge in [-0.25, -0.2) is 0 Å². The van der Waals surface area contributed by atoms with Gasteiger partial charge in [0.1, 0.15) is 0 Å². The van der Waals surface area contributed by atoms with E-state index in [-0.39, 0.29) is 11.9 Å². The predicted octanol–water partition coefficient (Wildman–Crippen LogP) is 2.46. The van der Waals surface area contributed by atoms with E-state index in [4.69, 9.17) is 17.3 Å². The first-order valence-electron chi connectivity index (χ1n) is 8.52. The third-order valence-corrected chi connectivity index (χ3v) is 5.69. The highest BCUT2D eigenvalue weighted by Crippen LogP contribution is 2.41. The molecule has 1 heterocycles. The van der Waals surface area contributed by atoms with Crippen molar-refractivity contribution < 1.29 is 9.90 Å². The third kappa shape index (κ3) is 3.25. The maximum Gasteiger partial charge on any atom is 0.233 e. The number of hydrogen-bond donors (Lipinski definition) is 2. The number of rotatable bonds is 2. The molecule has 126 valence electrons. The monoisotopic (exact) mass is 336 g/mol. The molecule has 0 unspecified atom stereocenters. The molecule has 1 aliphatic carbocycles. The summed E-state index contributed by atoms with van der Waals surface area (Å²) in [6.45, 7) is 0.974. The van der Waals surface area contributed by atoms with Gasteiger partial charge in [-0.3, -0.25) is 4.79 Å². The highest BCUT2D eigenvalue weighted by Gasteiger charge is 2.44. The molecule has 0 aromatic heterocycles. The Hall–Kier alpha value is -1.10. The highest BCUT2D eigenvalue weighted by atomic mass is 35.5. The van der Waals surface area contributed by atoms with Gasteiger partial charge in [0.05, 0.1) is 11.5 Å². The zero-order valence-electron chi connectivity index (χ0n) is 13.4. The summed E-state index contributed by atoms with van der Waals surface area (Å²) in [4.78, 5) is 15.2. The van der Waals surface area contributed by atoms with Crippen molar-refractivity contribution in [3.05, 3.63) is 34.9 Å². The van der Waals surface area contributed by atoms with E-state index in [0.717, 1.165) is 31.2 Å². The van der Waals surface area contributed by atoms with Crippen LogP contribution in [0.15, 0.2) is 24.3 Å². The lowest BCUT2D eigenvalue weighted by Crippen LogP contribution is -2.57. The average molecular weight is 337 g/mol. The van der Waals surface area contributed by atoms with Crippen molar-refractivity contribution in [2.45, 2.75) is 56.1 Å². The Morgan fingerprint density at radius 3 is 2.48 bits per heavy atom. The van der Waals surface area contributed by atoms with Gasteiger partial charge in [-0.05, 0) is 37.0 Å². The molecule has 1 saturated carbocycles. The van der Waals surface area contributed by atoms with E-state index in [1.54, 1.807) is 0 Å². The lowest BCUT2D eigenvalue weighted by molar-refractivity contribution is -0.142. The zero-order chi connectivity index (χ0) is 16.4. The minimum atomic E-state index is -0.626. The Bertz CT molecular complexity index is 555. The van der Waals surface area contributed by atoms with Crippen LogP contribution in [0.5, 0.6) is 0 Å². The normalized spacial score (nSPS) is 27.7. The van der Waals surface area contributed by atoms with E-state index in [2.05, 4.69) is 0 Å². The third-order valence-electron chi connectivity index (χ3n) is 5.43. The molecule has 3 rings (SSSR count). The highest BCUT2D eigenvalue weighted by molar-refractivity contribution is 6.30. The van der Waals surface area contributed by atoms with Gasteiger partial charge in [-0.15, -0.1) is 0 Å². The van der Waals surface area contributed by atoms with Crippen LogP contribution in [-0.2, 0) is 10.2 Å². The molecule has 5 heteroatoms. The molecule has 0 radical (unpaired) electrons. The molecule has 0 spiro atoms. The predicted molar refractivity (Wildman–Crippen MR) is 91.4 cm³/mol. The smallest absolute Gasteiger partial charge is 0.233 e. The number of β-amino-alcohol motifs (C(OH)–C–C–N with tert-alkyl or cyclic N) is 1. The van der Waals surface area contributed by atoms with E-state index in [9.17, 15) is 9.90 Å². The molecular weight excluding hydrogens is 312 g/mol. The number of likely N-dealkylation sites (tertiary alicyclic amines) is 1. The maximum atomic E-state index is 13.4. The molecular formula is C18H25ClN2O2. The lowest BCUT2D eigenvalue weighted by atomic mass is 9.68. The van der Waals surface area contributed by atoms with Crippen LogP contribution in [-0.4, -0.2) is 41.1 Å². The van der Waals surface area contributed by atoms with Crippen molar-refractivity contribution >= 4 is 17.5 Å². The summed E-state index contributed by atoms with van der Waals surface area (Å²) in [5.41, 5.74) is 6.46. The number of halogens is 1. The Morgan fingerprint density at radius 2 is 1.87 bits per heavy atom. The summed E-state index contributed by atoms with van der Waals surface area (Å²) in [7, 11) is 0. The summed E-state index contributed by atoms with van der Waals surface area (Å²) in [6.07, 6.45) is 5.06. The molecule has 4 nitrogen and oxygen atoms in total. The average Bonchev–Trinajstić information content (AvgIpc) is 2.58. The van der Waals surface area contributed by atoms with Crippen molar-refractivity contribution in [1.29, 1.82) is 0 Å². The number of nitrogens with two attached hydrogens (primary N) is 1. The van der Waals surface area contributed by atoms with Gasteiger partial charge in [0.2, 0.25) is 5.91 Å². The van der Waals surface area contributed by atoms with E-state index < -0.39 is 11.5 Å². The number of aliphatic hydroxyl groups is 1. The maximum absolute atomic E-state index is 13.4. The molecule has 1 saturated heterocycles. The first kappa shape index (κ1) is 16.7. The summed E-state index contributed by atoms with van der Waals surface area (Å²) >= 11 is 6.02. The fourth-order valence-corrected chi connectivity index (χ4v) is 4.11. The van der Waals surface area contributed by atoms with Crippen LogP contribution in [0, 0.1) is 0 Å². The Balaban J connectivity index is 1.89. The molecule has 2 atom stereocenters. The zero-order valence-corrected chi connectivity index (χ0v) is 14.1. The molecule has 1 aliphatic heterocycles. The molecule has 1 aromatic carbocycles. The topological polar surface area (TPSA) is 66.6 Å². The van der Waals surface area contributed by atoms with E-state index in [0.29, 0.717) is 24.5 Å². The molecule has 2 aliphatic rings. The molecule has 1 aromatic rings. The van der Waals surface area contributed by atoms with Crippen LogP contribution in [0.3, 0.4) is 0 Å². The summed E-state index contributed by atoms with van der Waals surface area (Å²) < 4.78 is 0. The molecule has 1 amide bonds. The van der Waals surface area contributed by atoms with Gasteiger partial charge in [-0.1, -0.05) is 43.0 Å². The van der Waals surface area contributed by atoms with E-state index in [1.165, 1.54) is 6.42 Å². The summed E-state index contributed by atoms with van der Waals surface area (Å²) in [6, 6.07) is 7.47. The van der Waals surface area contributed by atoms with Crippen molar-refractivity contribution in [3.8, 4) is 0 Å². The number of amides is 1. The van der Waals surface area contributed by atoms with Crippen LogP contribution in [0.25, 0.3) is 0 Å². The fraction of sp³-hybridized carbons (Fsp3) is 0.611. The van der Waals surface area contributed by atoms with Crippen molar-refractivity contribution in [1.82, 2.24) is 4.90 Å². The second-order valence-electron chi connectivity index (χ2n) is 6.92.